The number of nitrogens with zero attached hydrogens (tertiary/aromatic N) is 2. The summed E-state index contributed by atoms with van der Waals surface area (Å²) in [4.78, 5) is 12.2. The van der Waals surface area contributed by atoms with Crippen LogP contribution in [-0.2, 0) is 22.8 Å². The van der Waals surface area contributed by atoms with E-state index >= 15 is 0 Å². The summed E-state index contributed by atoms with van der Waals surface area (Å²) in [6.45, 7) is -1.31. The Bertz CT molecular complexity index is 686. The molecule has 0 saturated carbocycles. The number of carbonyl (C=O) groups excluding carboxylic acids is 1. The third kappa shape index (κ3) is 5.67. The molecule has 1 aromatic heterocycles. The Balaban J connectivity index is 1.95. The van der Waals surface area contributed by atoms with Crippen molar-refractivity contribution in [1.82, 2.24) is 9.78 Å². The topological polar surface area (TPSA) is 65.4 Å². The van der Waals surface area contributed by atoms with Gasteiger partial charge in [-0.25, -0.2) is 4.68 Å². The molecule has 130 valence electrons. The van der Waals surface area contributed by atoms with Gasteiger partial charge in [0.2, 0.25) is 0 Å². The van der Waals surface area contributed by atoms with E-state index in [4.69, 9.17) is 4.74 Å². The van der Waals surface area contributed by atoms with Gasteiger partial charge >= 0.3 is 6.18 Å². The zero-order chi connectivity index (χ0) is 17.6. The molecule has 0 radical (unpaired) electrons. The SMILES string of the molecule is COCn1cc(NC(=O)c2cccc(COCC(F)(F)F)c2)cn1. The van der Waals surface area contributed by atoms with Gasteiger partial charge in [0.1, 0.15) is 13.3 Å². The van der Waals surface area contributed by atoms with Gasteiger partial charge in [0.05, 0.1) is 24.7 Å². The molecule has 0 aliphatic heterocycles. The molecule has 2 rings (SSSR count). The number of benzene rings is 1. The fourth-order valence-electron chi connectivity index (χ4n) is 1.92. The Morgan fingerprint density at radius 2 is 2.17 bits per heavy atom. The lowest BCUT2D eigenvalue weighted by atomic mass is 10.1. The Kier molecular flexibility index (Phi) is 5.93. The second kappa shape index (κ2) is 7.93. The molecule has 6 nitrogen and oxygen atoms in total. The van der Waals surface area contributed by atoms with E-state index in [1.54, 1.807) is 24.4 Å². The van der Waals surface area contributed by atoms with Crippen LogP contribution in [0.5, 0.6) is 0 Å². The summed E-state index contributed by atoms with van der Waals surface area (Å²) in [5.74, 6) is -0.398. The summed E-state index contributed by atoms with van der Waals surface area (Å²) in [6.07, 6.45) is -1.32. The maximum absolute atomic E-state index is 12.2. The number of aromatic nitrogens is 2. The van der Waals surface area contributed by atoms with E-state index in [9.17, 15) is 18.0 Å². The van der Waals surface area contributed by atoms with Crippen molar-refractivity contribution in [2.45, 2.75) is 19.5 Å². The minimum atomic E-state index is -4.38. The van der Waals surface area contributed by atoms with Crippen molar-refractivity contribution in [1.29, 1.82) is 0 Å². The molecule has 0 aliphatic carbocycles. The van der Waals surface area contributed by atoms with Gasteiger partial charge in [-0.05, 0) is 17.7 Å². The molecule has 24 heavy (non-hydrogen) atoms. The Morgan fingerprint density at radius 3 is 2.88 bits per heavy atom. The quantitative estimate of drug-likeness (QED) is 0.840. The van der Waals surface area contributed by atoms with Crippen LogP contribution in [0.2, 0.25) is 0 Å². The van der Waals surface area contributed by atoms with Crippen molar-refractivity contribution < 1.29 is 27.4 Å². The summed E-state index contributed by atoms with van der Waals surface area (Å²) < 4.78 is 47.2. The van der Waals surface area contributed by atoms with Crippen molar-refractivity contribution in [3.05, 3.63) is 47.8 Å². The van der Waals surface area contributed by atoms with Gasteiger partial charge in [-0.3, -0.25) is 4.79 Å². The number of rotatable bonds is 7. The molecular formula is C15H16F3N3O3. The van der Waals surface area contributed by atoms with E-state index in [1.807, 2.05) is 0 Å². The van der Waals surface area contributed by atoms with Gasteiger partial charge in [0.15, 0.2) is 0 Å². The van der Waals surface area contributed by atoms with Gasteiger partial charge in [-0.2, -0.15) is 18.3 Å². The summed E-state index contributed by atoms with van der Waals surface area (Å²) >= 11 is 0. The summed E-state index contributed by atoms with van der Waals surface area (Å²) in [6, 6.07) is 6.20. The van der Waals surface area contributed by atoms with Crippen molar-refractivity contribution in [2.24, 2.45) is 0 Å². The molecular weight excluding hydrogens is 327 g/mol. The molecule has 1 N–H and O–H groups in total. The second-order valence-electron chi connectivity index (χ2n) is 4.95. The van der Waals surface area contributed by atoms with E-state index in [1.165, 1.54) is 24.1 Å². The number of alkyl halides is 3. The van der Waals surface area contributed by atoms with E-state index in [2.05, 4.69) is 15.2 Å². The first kappa shape index (κ1) is 18.0. The molecule has 9 heteroatoms. The van der Waals surface area contributed by atoms with Gasteiger partial charge < -0.3 is 14.8 Å². The predicted octanol–water partition coefficient (Wildman–Crippen LogP) is 2.82. The molecule has 0 aliphatic rings. The number of hydrogen-bond acceptors (Lipinski definition) is 4. The zero-order valence-corrected chi connectivity index (χ0v) is 12.8. The molecule has 0 saturated heterocycles. The highest BCUT2D eigenvalue weighted by molar-refractivity contribution is 6.04. The molecule has 0 bridgehead atoms. The highest BCUT2D eigenvalue weighted by Gasteiger charge is 2.27. The maximum Gasteiger partial charge on any atom is 0.411 e. The minimum Gasteiger partial charge on any atom is -0.367 e. The average molecular weight is 343 g/mol. The van der Waals surface area contributed by atoms with Gasteiger partial charge in [-0.1, -0.05) is 12.1 Å². The van der Waals surface area contributed by atoms with Gasteiger partial charge in [0.25, 0.3) is 5.91 Å². The van der Waals surface area contributed by atoms with Crippen molar-refractivity contribution in [3.63, 3.8) is 0 Å². The van der Waals surface area contributed by atoms with Crippen molar-refractivity contribution in [3.8, 4) is 0 Å². The molecule has 0 atom stereocenters. The van der Waals surface area contributed by atoms with Crippen LogP contribution in [0.3, 0.4) is 0 Å². The number of halogens is 3. The lowest BCUT2D eigenvalue weighted by Gasteiger charge is -2.09. The van der Waals surface area contributed by atoms with Gasteiger partial charge in [-0.15, -0.1) is 0 Å². The lowest BCUT2D eigenvalue weighted by Crippen LogP contribution is -2.17. The number of carbonyl (C=O) groups is 1. The third-order valence-electron chi connectivity index (χ3n) is 2.88. The van der Waals surface area contributed by atoms with E-state index in [0.29, 0.717) is 16.8 Å². The third-order valence-corrected chi connectivity index (χ3v) is 2.88. The van der Waals surface area contributed by atoms with E-state index in [0.717, 1.165) is 0 Å². The van der Waals surface area contributed by atoms with Crippen LogP contribution in [0.25, 0.3) is 0 Å². The maximum atomic E-state index is 12.2. The molecule has 0 fully saturated rings. The number of anilines is 1. The summed E-state index contributed by atoms with van der Waals surface area (Å²) in [5.41, 5.74) is 1.26. The number of hydrogen-bond donors (Lipinski definition) is 1. The average Bonchev–Trinajstić information content (AvgIpc) is 2.94. The molecule has 1 amide bonds. The first-order chi connectivity index (χ1) is 11.4. The number of amides is 1. The Morgan fingerprint density at radius 1 is 1.38 bits per heavy atom. The Hall–Kier alpha value is -2.39. The normalized spacial score (nSPS) is 11.5. The smallest absolute Gasteiger partial charge is 0.367 e. The van der Waals surface area contributed by atoms with Crippen LogP contribution in [0.15, 0.2) is 36.7 Å². The predicted molar refractivity (Wildman–Crippen MR) is 79.3 cm³/mol. The van der Waals surface area contributed by atoms with Crippen molar-refractivity contribution in [2.75, 3.05) is 19.0 Å². The summed E-state index contributed by atoms with van der Waals surface area (Å²) in [5, 5.41) is 6.63. The van der Waals surface area contributed by atoms with Crippen LogP contribution < -0.4 is 5.32 Å². The standard InChI is InChI=1S/C15H16F3N3O3/c1-23-10-21-7-13(6-19-21)20-14(22)12-4-2-3-11(5-12)8-24-9-15(16,17)18/h2-7H,8-10H2,1H3,(H,20,22). The van der Waals surface area contributed by atoms with E-state index < -0.39 is 18.7 Å². The van der Waals surface area contributed by atoms with Crippen LogP contribution >= 0.6 is 0 Å². The number of nitrogens with one attached hydrogen (secondary N) is 1. The molecule has 1 heterocycles. The van der Waals surface area contributed by atoms with Crippen LogP contribution in [-0.4, -0.2) is 35.6 Å². The minimum absolute atomic E-state index is 0.230. The lowest BCUT2D eigenvalue weighted by molar-refractivity contribution is -0.176. The van der Waals surface area contributed by atoms with Crippen LogP contribution in [0.1, 0.15) is 15.9 Å². The molecule has 0 spiro atoms. The van der Waals surface area contributed by atoms with Crippen molar-refractivity contribution >= 4 is 11.6 Å². The second-order valence-corrected chi connectivity index (χ2v) is 4.95. The van der Waals surface area contributed by atoms with Crippen LogP contribution in [0, 0.1) is 0 Å². The molecule has 1 aromatic carbocycles. The highest BCUT2D eigenvalue weighted by atomic mass is 19.4. The highest BCUT2D eigenvalue weighted by Crippen LogP contribution is 2.16. The fourth-order valence-corrected chi connectivity index (χ4v) is 1.92. The van der Waals surface area contributed by atoms with Crippen LogP contribution in [0.4, 0.5) is 18.9 Å². The largest absolute Gasteiger partial charge is 0.411 e. The zero-order valence-electron chi connectivity index (χ0n) is 12.8. The molecule has 0 unspecified atom stereocenters. The number of ether oxygens (including phenoxy) is 2. The first-order valence-electron chi connectivity index (χ1n) is 6.93. The monoisotopic (exact) mass is 343 g/mol. The van der Waals surface area contributed by atoms with E-state index in [-0.39, 0.29) is 13.3 Å². The summed E-state index contributed by atoms with van der Waals surface area (Å²) in [7, 11) is 1.52. The first-order valence-corrected chi connectivity index (χ1v) is 6.93. The van der Waals surface area contributed by atoms with Gasteiger partial charge in [0, 0.05) is 12.7 Å². The molecule has 2 aromatic rings. The fraction of sp³-hybridized carbons (Fsp3) is 0.333. The number of methoxy groups -OCH3 is 1. The Labute approximate surface area is 136 Å².